The van der Waals surface area contributed by atoms with Crippen molar-refractivity contribution < 1.29 is 14.4 Å². The Hall–Kier alpha value is -3.36. The smallest absolute Gasteiger partial charge is 0.243 e. The van der Waals surface area contributed by atoms with Crippen LogP contribution >= 0.6 is 11.6 Å². The number of carbonyl (C=O) groups excluding carboxylic acids is 3. The Morgan fingerprint density at radius 1 is 0.857 bits per heavy atom. The van der Waals surface area contributed by atoms with Crippen molar-refractivity contribution >= 4 is 29.2 Å². The van der Waals surface area contributed by atoms with E-state index in [2.05, 4.69) is 22.5 Å². The summed E-state index contributed by atoms with van der Waals surface area (Å²) in [5.41, 5.74) is 13.4. The van der Waals surface area contributed by atoms with Gasteiger partial charge < -0.3 is 27.4 Å². The predicted octanol–water partition coefficient (Wildman–Crippen LogP) is 1.38. The summed E-state index contributed by atoms with van der Waals surface area (Å²) in [6, 6.07) is 16.2. The van der Waals surface area contributed by atoms with E-state index in [1.165, 1.54) is 0 Å². The Morgan fingerprint density at radius 2 is 1.40 bits per heavy atom. The number of Topliss-reactive ketones (excluding diaryl/α,β-unsaturated/α-hetero) is 1. The van der Waals surface area contributed by atoms with Gasteiger partial charge in [-0.2, -0.15) is 0 Å². The normalized spacial score (nSPS) is 13.2. The minimum absolute atomic E-state index is 0.236. The third-order valence-electron chi connectivity index (χ3n) is 5.41. The van der Waals surface area contributed by atoms with Crippen LogP contribution in [-0.4, -0.2) is 48.1 Å². The van der Waals surface area contributed by atoms with E-state index in [0.717, 1.165) is 11.1 Å². The van der Waals surface area contributed by atoms with Gasteiger partial charge in [0.05, 0.1) is 23.8 Å². The third-order valence-corrected chi connectivity index (χ3v) is 5.67. The number of benzene rings is 2. The number of ketones is 1. The molecule has 0 aliphatic rings. The Bertz CT molecular complexity index is 971. The zero-order chi connectivity index (χ0) is 25.6. The van der Waals surface area contributed by atoms with E-state index in [1.54, 1.807) is 0 Å². The summed E-state index contributed by atoms with van der Waals surface area (Å²) in [5.74, 6) is -1.15. The minimum Gasteiger partial charge on any atom is -0.386 e. The van der Waals surface area contributed by atoms with E-state index < -0.39 is 29.9 Å². The Labute approximate surface area is 211 Å². The maximum Gasteiger partial charge on any atom is 0.243 e. The molecule has 0 saturated carbocycles. The summed E-state index contributed by atoms with van der Waals surface area (Å²) in [5, 5.41) is 8.41. The van der Waals surface area contributed by atoms with Crippen molar-refractivity contribution in [3.63, 3.8) is 0 Å². The van der Waals surface area contributed by atoms with Gasteiger partial charge in [0.25, 0.3) is 0 Å². The standard InChI is InChI=1S/C26H34ClN5O3/c1-18(28)30-14-8-13-22(24(33)17-27)31-26(35)23(16-20-11-6-3-7-12-20)32-25(34)21(29)15-19-9-4-2-5-10-19/h2-7,9-12,21-23,30H,1,8,13-17,28-29H2,(H,31,35)(H,32,34)/t21-,22+,23?/m1/s1. The third kappa shape index (κ3) is 10.2. The van der Waals surface area contributed by atoms with Gasteiger partial charge in [0, 0.05) is 13.0 Å². The van der Waals surface area contributed by atoms with Gasteiger partial charge in [0.2, 0.25) is 11.8 Å². The van der Waals surface area contributed by atoms with Gasteiger partial charge in [-0.05, 0) is 30.4 Å². The average molecular weight is 500 g/mol. The molecule has 3 atom stereocenters. The van der Waals surface area contributed by atoms with Gasteiger partial charge in [0.1, 0.15) is 6.04 Å². The summed E-state index contributed by atoms with van der Waals surface area (Å²) >= 11 is 5.77. The second-order valence-electron chi connectivity index (χ2n) is 8.30. The number of nitrogens with two attached hydrogens (primary N) is 2. The van der Waals surface area contributed by atoms with Crippen LogP contribution in [-0.2, 0) is 27.2 Å². The fourth-order valence-electron chi connectivity index (χ4n) is 3.53. The zero-order valence-corrected chi connectivity index (χ0v) is 20.5. The van der Waals surface area contributed by atoms with Gasteiger partial charge in [-0.15, -0.1) is 11.6 Å². The van der Waals surface area contributed by atoms with E-state index >= 15 is 0 Å². The molecule has 0 heterocycles. The highest BCUT2D eigenvalue weighted by atomic mass is 35.5. The van der Waals surface area contributed by atoms with Crippen molar-refractivity contribution in [2.24, 2.45) is 11.5 Å². The van der Waals surface area contributed by atoms with Gasteiger partial charge in [0.15, 0.2) is 5.78 Å². The van der Waals surface area contributed by atoms with Crippen LogP contribution in [0.15, 0.2) is 73.1 Å². The molecule has 9 heteroatoms. The lowest BCUT2D eigenvalue weighted by Crippen LogP contribution is -2.55. The number of amides is 2. The zero-order valence-electron chi connectivity index (χ0n) is 19.7. The summed E-state index contributed by atoms with van der Waals surface area (Å²) in [6.07, 6.45) is 1.49. The number of nitrogens with one attached hydrogen (secondary N) is 3. The molecule has 0 saturated heterocycles. The first-order chi connectivity index (χ1) is 16.8. The lowest BCUT2D eigenvalue weighted by molar-refractivity contribution is -0.131. The van der Waals surface area contributed by atoms with E-state index in [0.29, 0.717) is 31.6 Å². The molecule has 2 aromatic carbocycles. The molecule has 0 radical (unpaired) electrons. The van der Waals surface area contributed by atoms with E-state index in [4.69, 9.17) is 23.1 Å². The first kappa shape index (κ1) is 27.9. The van der Waals surface area contributed by atoms with Crippen LogP contribution in [0.2, 0.25) is 0 Å². The molecular weight excluding hydrogens is 466 g/mol. The number of hydrogen-bond acceptors (Lipinski definition) is 6. The highest BCUT2D eigenvalue weighted by molar-refractivity contribution is 6.28. The maximum atomic E-state index is 13.2. The molecule has 2 rings (SSSR count). The predicted molar refractivity (Wildman–Crippen MR) is 138 cm³/mol. The van der Waals surface area contributed by atoms with Crippen molar-refractivity contribution in [1.29, 1.82) is 0 Å². The summed E-state index contributed by atoms with van der Waals surface area (Å²) in [6.45, 7) is 4.06. The lowest BCUT2D eigenvalue weighted by atomic mass is 10.0. The van der Waals surface area contributed by atoms with Crippen molar-refractivity contribution in [2.45, 2.75) is 43.8 Å². The van der Waals surface area contributed by atoms with Crippen LogP contribution in [0.3, 0.4) is 0 Å². The second kappa shape index (κ2) is 14.8. The highest BCUT2D eigenvalue weighted by Gasteiger charge is 2.28. The van der Waals surface area contributed by atoms with Gasteiger partial charge in [-0.3, -0.25) is 14.4 Å². The Kier molecular flexibility index (Phi) is 11.8. The van der Waals surface area contributed by atoms with Crippen LogP contribution < -0.4 is 27.4 Å². The van der Waals surface area contributed by atoms with Crippen molar-refractivity contribution in [2.75, 3.05) is 12.4 Å². The molecule has 35 heavy (non-hydrogen) atoms. The molecule has 0 spiro atoms. The molecule has 7 N–H and O–H groups in total. The number of hydrogen-bond donors (Lipinski definition) is 5. The molecule has 0 aliphatic heterocycles. The van der Waals surface area contributed by atoms with Crippen LogP contribution in [0, 0.1) is 0 Å². The molecular formula is C26H34ClN5O3. The first-order valence-electron chi connectivity index (χ1n) is 11.5. The van der Waals surface area contributed by atoms with E-state index in [9.17, 15) is 14.4 Å². The highest BCUT2D eigenvalue weighted by Crippen LogP contribution is 2.08. The monoisotopic (exact) mass is 499 g/mol. The minimum atomic E-state index is -0.917. The van der Waals surface area contributed by atoms with Crippen LogP contribution in [0.1, 0.15) is 24.0 Å². The number of alkyl halides is 1. The molecule has 0 fully saturated rings. The van der Waals surface area contributed by atoms with Gasteiger partial charge in [-0.25, -0.2) is 0 Å². The summed E-state index contributed by atoms with van der Waals surface area (Å²) in [7, 11) is 0. The number of halogens is 1. The Morgan fingerprint density at radius 3 is 1.94 bits per heavy atom. The van der Waals surface area contributed by atoms with E-state index in [-0.39, 0.29) is 18.1 Å². The fourth-order valence-corrected chi connectivity index (χ4v) is 3.72. The summed E-state index contributed by atoms with van der Waals surface area (Å²) < 4.78 is 0. The molecule has 0 bridgehead atoms. The molecule has 188 valence electrons. The van der Waals surface area contributed by atoms with Crippen molar-refractivity contribution in [1.82, 2.24) is 16.0 Å². The largest absolute Gasteiger partial charge is 0.386 e. The molecule has 1 unspecified atom stereocenters. The second-order valence-corrected chi connectivity index (χ2v) is 8.57. The lowest BCUT2D eigenvalue weighted by Gasteiger charge is -2.24. The molecule has 2 amide bonds. The first-order valence-corrected chi connectivity index (χ1v) is 12.0. The number of rotatable bonds is 15. The maximum absolute atomic E-state index is 13.2. The topological polar surface area (TPSA) is 139 Å². The van der Waals surface area contributed by atoms with Crippen LogP contribution in [0.4, 0.5) is 0 Å². The quantitative estimate of drug-likeness (QED) is 0.185. The number of carbonyl (C=O) groups is 3. The average Bonchev–Trinajstić information content (AvgIpc) is 2.85. The molecule has 0 aliphatic carbocycles. The van der Waals surface area contributed by atoms with Crippen LogP contribution in [0.25, 0.3) is 0 Å². The van der Waals surface area contributed by atoms with Gasteiger partial charge >= 0.3 is 0 Å². The SMILES string of the molecule is C=C(N)NCCC[C@H](NC(=O)C(Cc1ccccc1)NC(=O)[C@H](N)Cc1ccccc1)C(=O)CCl. The fraction of sp³-hybridized carbons (Fsp3) is 0.346. The Balaban J connectivity index is 2.10. The van der Waals surface area contributed by atoms with Crippen molar-refractivity contribution in [3.8, 4) is 0 Å². The van der Waals surface area contributed by atoms with Crippen LogP contribution in [0.5, 0.6) is 0 Å². The molecule has 0 aromatic heterocycles. The van der Waals surface area contributed by atoms with Gasteiger partial charge in [-0.1, -0.05) is 67.2 Å². The van der Waals surface area contributed by atoms with Crippen molar-refractivity contribution in [3.05, 3.63) is 84.2 Å². The molecule has 8 nitrogen and oxygen atoms in total. The summed E-state index contributed by atoms with van der Waals surface area (Å²) in [4.78, 5) is 38.5. The molecule has 2 aromatic rings. The van der Waals surface area contributed by atoms with E-state index in [1.807, 2.05) is 60.7 Å².